The lowest BCUT2D eigenvalue weighted by Gasteiger charge is -2.03. The Morgan fingerprint density at radius 2 is 2.12 bits per heavy atom. The van der Waals surface area contributed by atoms with Crippen molar-refractivity contribution in [2.45, 2.75) is 19.3 Å². The Kier molecular flexibility index (Phi) is 2.69. The lowest BCUT2D eigenvalue weighted by Crippen LogP contribution is -2.08. The standard InChI is InChI=1S/C14H16N2O/c1-10-13(12-7-8-15-9-12)16-14(17-10)11-5-3-2-4-6-11/h2-6,12,15H,7-9H2,1H3. The van der Waals surface area contributed by atoms with Crippen molar-refractivity contribution >= 4 is 0 Å². The van der Waals surface area contributed by atoms with Gasteiger partial charge in [0.1, 0.15) is 5.76 Å². The van der Waals surface area contributed by atoms with Crippen LogP contribution in [-0.2, 0) is 0 Å². The number of aromatic nitrogens is 1. The number of rotatable bonds is 2. The van der Waals surface area contributed by atoms with Crippen molar-refractivity contribution in [2.24, 2.45) is 0 Å². The molecular formula is C14H16N2O. The summed E-state index contributed by atoms with van der Waals surface area (Å²) in [5, 5.41) is 3.37. The fourth-order valence-electron chi connectivity index (χ4n) is 2.38. The summed E-state index contributed by atoms with van der Waals surface area (Å²) in [6.07, 6.45) is 1.15. The third kappa shape index (κ3) is 1.98. The van der Waals surface area contributed by atoms with Gasteiger partial charge in [-0.05, 0) is 32.0 Å². The van der Waals surface area contributed by atoms with E-state index in [1.165, 1.54) is 0 Å². The molecule has 3 rings (SSSR count). The van der Waals surface area contributed by atoms with E-state index in [4.69, 9.17) is 4.42 Å². The number of nitrogens with one attached hydrogen (secondary N) is 1. The SMILES string of the molecule is Cc1oc(-c2ccccc2)nc1C1CCNC1. The molecule has 3 nitrogen and oxygen atoms in total. The molecule has 0 radical (unpaired) electrons. The molecule has 3 heteroatoms. The minimum atomic E-state index is 0.510. The molecule has 88 valence electrons. The fourth-order valence-corrected chi connectivity index (χ4v) is 2.38. The summed E-state index contributed by atoms with van der Waals surface area (Å²) in [7, 11) is 0. The number of oxazole rings is 1. The van der Waals surface area contributed by atoms with Crippen molar-refractivity contribution in [3.63, 3.8) is 0 Å². The highest BCUT2D eigenvalue weighted by atomic mass is 16.4. The molecule has 1 atom stereocenters. The van der Waals surface area contributed by atoms with Crippen LogP contribution in [0, 0.1) is 6.92 Å². The molecule has 0 saturated carbocycles. The van der Waals surface area contributed by atoms with Crippen molar-refractivity contribution in [1.82, 2.24) is 10.3 Å². The number of benzene rings is 1. The van der Waals surface area contributed by atoms with Gasteiger partial charge in [-0.25, -0.2) is 4.98 Å². The van der Waals surface area contributed by atoms with E-state index in [9.17, 15) is 0 Å². The molecule has 1 aromatic carbocycles. The van der Waals surface area contributed by atoms with E-state index in [1.54, 1.807) is 0 Å². The average Bonchev–Trinajstić information content (AvgIpc) is 2.99. The van der Waals surface area contributed by atoms with Gasteiger partial charge in [0.2, 0.25) is 5.89 Å². The Morgan fingerprint density at radius 3 is 2.82 bits per heavy atom. The average molecular weight is 228 g/mol. The highest BCUT2D eigenvalue weighted by molar-refractivity contribution is 5.53. The van der Waals surface area contributed by atoms with Gasteiger partial charge in [-0.1, -0.05) is 18.2 Å². The summed E-state index contributed by atoms with van der Waals surface area (Å²) in [5.41, 5.74) is 2.17. The zero-order valence-electron chi connectivity index (χ0n) is 9.94. The summed E-state index contributed by atoms with van der Waals surface area (Å²) >= 11 is 0. The molecule has 0 amide bonds. The highest BCUT2D eigenvalue weighted by Crippen LogP contribution is 2.29. The zero-order chi connectivity index (χ0) is 11.7. The van der Waals surface area contributed by atoms with E-state index < -0.39 is 0 Å². The Hall–Kier alpha value is -1.61. The van der Waals surface area contributed by atoms with Crippen molar-refractivity contribution in [3.8, 4) is 11.5 Å². The molecule has 17 heavy (non-hydrogen) atoms. The monoisotopic (exact) mass is 228 g/mol. The number of aryl methyl sites for hydroxylation is 1. The number of hydrogen-bond acceptors (Lipinski definition) is 3. The van der Waals surface area contributed by atoms with E-state index in [1.807, 2.05) is 37.3 Å². The Bertz CT molecular complexity index is 498. The summed E-state index contributed by atoms with van der Waals surface area (Å²) in [6.45, 7) is 4.10. The quantitative estimate of drug-likeness (QED) is 0.858. The van der Waals surface area contributed by atoms with Gasteiger partial charge in [0.05, 0.1) is 5.69 Å². The van der Waals surface area contributed by atoms with Gasteiger partial charge >= 0.3 is 0 Å². The smallest absolute Gasteiger partial charge is 0.226 e. The van der Waals surface area contributed by atoms with Gasteiger partial charge in [0.15, 0.2) is 0 Å². The molecule has 0 aliphatic carbocycles. The van der Waals surface area contributed by atoms with Crippen molar-refractivity contribution in [3.05, 3.63) is 41.8 Å². The molecule has 1 aromatic heterocycles. The first kappa shape index (κ1) is 10.5. The first-order valence-electron chi connectivity index (χ1n) is 6.08. The van der Waals surface area contributed by atoms with Crippen LogP contribution in [0.25, 0.3) is 11.5 Å². The van der Waals surface area contributed by atoms with Gasteiger partial charge in [0, 0.05) is 18.0 Å². The number of nitrogens with zero attached hydrogens (tertiary/aromatic N) is 1. The van der Waals surface area contributed by atoms with Crippen molar-refractivity contribution < 1.29 is 4.42 Å². The van der Waals surface area contributed by atoms with Crippen LogP contribution >= 0.6 is 0 Å². The first-order valence-corrected chi connectivity index (χ1v) is 6.08. The Balaban J connectivity index is 1.95. The van der Waals surface area contributed by atoms with E-state index in [0.29, 0.717) is 5.92 Å². The second-order valence-corrected chi connectivity index (χ2v) is 4.52. The van der Waals surface area contributed by atoms with Crippen LogP contribution in [0.5, 0.6) is 0 Å². The highest BCUT2D eigenvalue weighted by Gasteiger charge is 2.23. The molecule has 1 fully saturated rings. The maximum atomic E-state index is 5.77. The maximum absolute atomic E-state index is 5.77. The van der Waals surface area contributed by atoms with Crippen LogP contribution in [0.15, 0.2) is 34.7 Å². The summed E-state index contributed by atoms with van der Waals surface area (Å²) in [4.78, 5) is 4.66. The Morgan fingerprint density at radius 1 is 1.29 bits per heavy atom. The normalized spacial score (nSPS) is 19.7. The van der Waals surface area contributed by atoms with Crippen LogP contribution in [0.1, 0.15) is 23.8 Å². The third-order valence-corrected chi connectivity index (χ3v) is 3.30. The molecule has 2 heterocycles. The van der Waals surface area contributed by atoms with E-state index in [0.717, 1.165) is 42.4 Å². The van der Waals surface area contributed by atoms with Crippen LogP contribution in [0.3, 0.4) is 0 Å². The van der Waals surface area contributed by atoms with Crippen LogP contribution in [0.4, 0.5) is 0 Å². The minimum Gasteiger partial charge on any atom is -0.441 e. The van der Waals surface area contributed by atoms with E-state index in [-0.39, 0.29) is 0 Å². The molecule has 1 aliphatic heterocycles. The van der Waals surface area contributed by atoms with Crippen LogP contribution in [0.2, 0.25) is 0 Å². The van der Waals surface area contributed by atoms with Gasteiger partial charge in [-0.3, -0.25) is 0 Å². The van der Waals surface area contributed by atoms with Crippen molar-refractivity contribution in [1.29, 1.82) is 0 Å². The minimum absolute atomic E-state index is 0.510. The molecule has 1 aliphatic rings. The third-order valence-electron chi connectivity index (χ3n) is 3.30. The molecule has 0 bridgehead atoms. The van der Waals surface area contributed by atoms with Crippen LogP contribution in [-0.4, -0.2) is 18.1 Å². The molecule has 0 spiro atoms. The maximum Gasteiger partial charge on any atom is 0.226 e. The lowest BCUT2D eigenvalue weighted by molar-refractivity contribution is 0.536. The number of hydrogen-bond donors (Lipinski definition) is 1. The summed E-state index contributed by atoms with van der Waals surface area (Å²) in [6, 6.07) is 10.1. The second kappa shape index (κ2) is 4.34. The molecule has 2 aromatic rings. The van der Waals surface area contributed by atoms with Gasteiger partial charge < -0.3 is 9.73 Å². The molecular weight excluding hydrogens is 212 g/mol. The topological polar surface area (TPSA) is 38.1 Å². The van der Waals surface area contributed by atoms with Gasteiger partial charge in [-0.2, -0.15) is 0 Å². The zero-order valence-corrected chi connectivity index (χ0v) is 9.94. The van der Waals surface area contributed by atoms with Gasteiger partial charge in [0.25, 0.3) is 0 Å². The van der Waals surface area contributed by atoms with Gasteiger partial charge in [-0.15, -0.1) is 0 Å². The molecule has 1 unspecified atom stereocenters. The fraction of sp³-hybridized carbons (Fsp3) is 0.357. The van der Waals surface area contributed by atoms with E-state index in [2.05, 4.69) is 10.3 Å². The summed E-state index contributed by atoms with van der Waals surface area (Å²) < 4.78 is 5.77. The summed E-state index contributed by atoms with van der Waals surface area (Å²) in [5.74, 6) is 2.21. The van der Waals surface area contributed by atoms with Crippen LogP contribution < -0.4 is 5.32 Å². The van der Waals surface area contributed by atoms with E-state index >= 15 is 0 Å². The lowest BCUT2D eigenvalue weighted by atomic mass is 10.0. The predicted octanol–water partition coefficient (Wildman–Crippen LogP) is 2.73. The van der Waals surface area contributed by atoms with Crippen molar-refractivity contribution in [2.75, 3.05) is 13.1 Å². The molecule has 1 N–H and O–H groups in total. The molecule has 1 saturated heterocycles. The second-order valence-electron chi connectivity index (χ2n) is 4.52. The first-order chi connectivity index (χ1) is 8.34. The largest absolute Gasteiger partial charge is 0.441 e. The predicted molar refractivity (Wildman–Crippen MR) is 66.9 cm³/mol. The Labute approximate surface area is 101 Å².